The Bertz CT molecular complexity index is 1120. The summed E-state index contributed by atoms with van der Waals surface area (Å²) in [6.07, 6.45) is 1.67. The standard InChI is InChI=1S/C25H24N6S2/c26-12-22(24-28-16-30(18-32-24)14-20-7-3-1-4-8-20)11-23(13-27)25-29-17-31(19-33-25)15-21-9-5-2-6-10-21/h1-11,28H,14-19H2. The average molecular weight is 473 g/mol. The number of nitrogens with one attached hydrogen (secondary N) is 1. The molecule has 0 bridgehead atoms. The van der Waals surface area contributed by atoms with Gasteiger partial charge in [-0.05, 0) is 17.2 Å². The maximum Gasteiger partial charge on any atom is 0.111 e. The number of thioether (sulfide) groups is 2. The predicted molar refractivity (Wildman–Crippen MR) is 136 cm³/mol. The average Bonchev–Trinajstić information content (AvgIpc) is 2.87. The Morgan fingerprint density at radius 3 is 2.06 bits per heavy atom. The van der Waals surface area contributed by atoms with Crippen LogP contribution in [0.2, 0.25) is 0 Å². The molecule has 2 aliphatic rings. The third kappa shape index (κ3) is 6.50. The number of benzene rings is 2. The SMILES string of the molecule is N#CC(=CC(C#N)=C1NCN(Cc2ccccc2)CS1)C1=NCN(Cc2ccccc2)CS1. The van der Waals surface area contributed by atoms with Crippen LogP contribution in [-0.2, 0) is 13.1 Å². The summed E-state index contributed by atoms with van der Waals surface area (Å²) in [5.74, 6) is 1.54. The molecule has 2 aromatic carbocycles. The van der Waals surface area contributed by atoms with Crippen LogP contribution >= 0.6 is 23.5 Å². The van der Waals surface area contributed by atoms with Gasteiger partial charge in [0.2, 0.25) is 0 Å². The Hall–Kier alpha value is -3.01. The van der Waals surface area contributed by atoms with E-state index in [4.69, 9.17) is 0 Å². The van der Waals surface area contributed by atoms with Crippen LogP contribution < -0.4 is 5.32 Å². The zero-order chi connectivity index (χ0) is 22.9. The quantitative estimate of drug-likeness (QED) is 0.621. The minimum absolute atomic E-state index is 0.442. The molecule has 0 atom stereocenters. The molecule has 0 aliphatic carbocycles. The maximum atomic E-state index is 9.74. The minimum Gasteiger partial charge on any atom is -0.366 e. The highest BCUT2D eigenvalue weighted by Crippen LogP contribution is 2.26. The monoisotopic (exact) mass is 472 g/mol. The van der Waals surface area contributed by atoms with Gasteiger partial charge in [0.05, 0.1) is 41.3 Å². The van der Waals surface area contributed by atoms with Gasteiger partial charge in [-0.1, -0.05) is 84.2 Å². The van der Waals surface area contributed by atoms with Crippen molar-refractivity contribution >= 4 is 28.6 Å². The molecular formula is C25H24N6S2. The van der Waals surface area contributed by atoms with Gasteiger partial charge in [0.25, 0.3) is 0 Å². The topological polar surface area (TPSA) is 78.5 Å². The van der Waals surface area contributed by atoms with Crippen LogP contribution in [0.3, 0.4) is 0 Å². The van der Waals surface area contributed by atoms with Crippen molar-refractivity contribution in [2.45, 2.75) is 13.1 Å². The van der Waals surface area contributed by atoms with E-state index in [-0.39, 0.29) is 0 Å². The first kappa shape index (κ1) is 23.2. The third-order valence-corrected chi connectivity index (χ3v) is 7.42. The molecule has 1 saturated heterocycles. The van der Waals surface area contributed by atoms with Crippen molar-refractivity contribution in [3.63, 3.8) is 0 Å². The molecule has 33 heavy (non-hydrogen) atoms. The minimum atomic E-state index is 0.442. The molecule has 8 heteroatoms. The summed E-state index contributed by atoms with van der Waals surface area (Å²) in [5.41, 5.74) is 3.42. The molecule has 0 amide bonds. The first-order chi connectivity index (χ1) is 16.2. The van der Waals surface area contributed by atoms with E-state index in [1.54, 1.807) is 29.6 Å². The molecule has 0 radical (unpaired) electrons. The molecule has 2 aliphatic heterocycles. The lowest BCUT2D eigenvalue weighted by atomic mass is 10.2. The van der Waals surface area contributed by atoms with Gasteiger partial charge in [0.15, 0.2) is 0 Å². The van der Waals surface area contributed by atoms with Crippen molar-refractivity contribution in [3.8, 4) is 12.1 Å². The Labute approximate surface area is 203 Å². The second-order valence-electron chi connectivity index (χ2n) is 7.64. The molecule has 6 nitrogen and oxygen atoms in total. The summed E-state index contributed by atoms with van der Waals surface area (Å²) < 4.78 is 0. The van der Waals surface area contributed by atoms with E-state index in [0.29, 0.717) is 29.5 Å². The van der Waals surface area contributed by atoms with Crippen molar-refractivity contribution in [2.75, 3.05) is 25.1 Å². The molecule has 2 heterocycles. The Morgan fingerprint density at radius 1 is 0.909 bits per heavy atom. The number of nitrogens with zero attached hydrogens (tertiary/aromatic N) is 5. The molecule has 0 saturated carbocycles. The van der Waals surface area contributed by atoms with Crippen LogP contribution in [0.4, 0.5) is 0 Å². The van der Waals surface area contributed by atoms with Gasteiger partial charge in [-0.15, -0.1) is 0 Å². The summed E-state index contributed by atoms with van der Waals surface area (Å²) in [5, 5.41) is 24.3. The molecule has 2 aromatic rings. The highest BCUT2D eigenvalue weighted by Gasteiger charge is 2.20. The fourth-order valence-corrected chi connectivity index (χ4v) is 5.30. The number of allylic oxidation sites excluding steroid dienone is 2. The van der Waals surface area contributed by atoms with E-state index in [0.717, 1.165) is 29.9 Å². The van der Waals surface area contributed by atoms with Crippen LogP contribution in [0.25, 0.3) is 0 Å². The fourth-order valence-electron chi connectivity index (χ4n) is 3.49. The van der Waals surface area contributed by atoms with Crippen molar-refractivity contribution < 1.29 is 0 Å². The predicted octanol–water partition coefficient (Wildman–Crippen LogP) is 4.49. The molecule has 0 aromatic heterocycles. The lowest BCUT2D eigenvalue weighted by molar-refractivity contribution is 0.294. The van der Waals surface area contributed by atoms with Gasteiger partial charge in [0, 0.05) is 13.1 Å². The van der Waals surface area contributed by atoms with Crippen LogP contribution in [0, 0.1) is 22.7 Å². The van der Waals surface area contributed by atoms with E-state index in [1.807, 2.05) is 36.4 Å². The van der Waals surface area contributed by atoms with Gasteiger partial charge in [-0.2, -0.15) is 10.5 Å². The molecule has 166 valence electrons. The first-order valence-electron chi connectivity index (χ1n) is 10.6. The molecule has 0 spiro atoms. The van der Waals surface area contributed by atoms with E-state index in [9.17, 15) is 10.5 Å². The second kappa shape index (κ2) is 11.7. The lowest BCUT2D eigenvalue weighted by Gasteiger charge is -2.29. The smallest absolute Gasteiger partial charge is 0.111 e. The Kier molecular flexibility index (Phi) is 8.24. The number of aliphatic imine (C=N–C) groups is 1. The largest absolute Gasteiger partial charge is 0.366 e. The number of nitriles is 2. The zero-order valence-corrected chi connectivity index (χ0v) is 19.8. The van der Waals surface area contributed by atoms with Gasteiger partial charge in [-0.25, -0.2) is 0 Å². The number of hydrogen-bond acceptors (Lipinski definition) is 8. The second-order valence-corrected chi connectivity index (χ2v) is 9.53. The summed E-state index contributed by atoms with van der Waals surface area (Å²) in [6.45, 7) is 2.87. The number of rotatable bonds is 6. The molecule has 4 rings (SSSR count). The highest BCUT2D eigenvalue weighted by molar-refractivity contribution is 8.14. The van der Waals surface area contributed by atoms with Crippen LogP contribution in [0.15, 0.2) is 87.9 Å². The molecular weight excluding hydrogens is 448 g/mol. The molecule has 1 N–H and O–H groups in total. The number of hydrogen-bond donors (Lipinski definition) is 1. The van der Waals surface area contributed by atoms with E-state index in [1.165, 1.54) is 11.1 Å². The molecule has 1 fully saturated rings. The van der Waals surface area contributed by atoms with Crippen LogP contribution in [0.5, 0.6) is 0 Å². The summed E-state index contributed by atoms with van der Waals surface area (Å²) in [4.78, 5) is 9.11. The van der Waals surface area contributed by atoms with E-state index >= 15 is 0 Å². The fraction of sp³-hybridized carbons (Fsp3) is 0.240. The first-order valence-corrected chi connectivity index (χ1v) is 12.6. The van der Waals surface area contributed by atoms with Crippen LogP contribution in [0.1, 0.15) is 11.1 Å². The van der Waals surface area contributed by atoms with Gasteiger partial charge in [0.1, 0.15) is 17.2 Å². The highest BCUT2D eigenvalue weighted by atomic mass is 32.2. The van der Waals surface area contributed by atoms with E-state index in [2.05, 4.69) is 56.5 Å². The lowest BCUT2D eigenvalue weighted by Crippen LogP contribution is -2.37. The Balaban J connectivity index is 1.39. The van der Waals surface area contributed by atoms with E-state index < -0.39 is 0 Å². The van der Waals surface area contributed by atoms with Gasteiger partial charge < -0.3 is 5.32 Å². The Morgan fingerprint density at radius 2 is 1.55 bits per heavy atom. The van der Waals surface area contributed by atoms with Gasteiger partial charge >= 0.3 is 0 Å². The van der Waals surface area contributed by atoms with Crippen molar-refractivity contribution in [1.29, 1.82) is 10.5 Å². The normalized spacial score (nSPS) is 19.1. The van der Waals surface area contributed by atoms with Crippen LogP contribution in [-0.4, -0.2) is 39.9 Å². The summed E-state index contributed by atoms with van der Waals surface area (Å²) in [7, 11) is 0. The van der Waals surface area contributed by atoms with Crippen molar-refractivity contribution in [1.82, 2.24) is 15.1 Å². The third-order valence-electron chi connectivity index (χ3n) is 5.16. The zero-order valence-electron chi connectivity index (χ0n) is 18.1. The van der Waals surface area contributed by atoms with Crippen molar-refractivity contribution in [2.24, 2.45) is 4.99 Å². The molecule has 0 unspecified atom stereocenters. The van der Waals surface area contributed by atoms with Gasteiger partial charge in [-0.3, -0.25) is 14.8 Å². The van der Waals surface area contributed by atoms with Crippen molar-refractivity contribution in [3.05, 3.63) is 94.0 Å². The summed E-state index contributed by atoms with van der Waals surface area (Å²) >= 11 is 3.13. The maximum absolute atomic E-state index is 9.74. The summed E-state index contributed by atoms with van der Waals surface area (Å²) in [6, 6.07) is 25.1.